The van der Waals surface area contributed by atoms with Crippen molar-refractivity contribution in [3.8, 4) is 0 Å². The van der Waals surface area contributed by atoms with Gasteiger partial charge in [-0.3, -0.25) is 4.79 Å². The Morgan fingerprint density at radius 1 is 1.26 bits per heavy atom. The molecular formula is C18H20Cl2N2O4S. The van der Waals surface area contributed by atoms with Crippen LogP contribution in [0.3, 0.4) is 0 Å². The van der Waals surface area contributed by atoms with Gasteiger partial charge < -0.3 is 4.74 Å². The van der Waals surface area contributed by atoms with E-state index in [4.69, 9.17) is 27.9 Å². The number of benzene rings is 1. The van der Waals surface area contributed by atoms with Crippen LogP contribution in [0.25, 0.3) is 10.8 Å². The maximum atomic E-state index is 13.2. The van der Waals surface area contributed by atoms with Gasteiger partial charge in [-0.2, -0.15) is 4.31 Å². The van der Waals surface area contributed by atoms with E-state index in [0.717, 1.165) is 0 Å². The molecule has 1 saturated heterocycles. The van der Waals surface area contributed by atoms with Crippen LogP contribution in [0.15, 0.2) is 29.3 Å². The Balaban J connectivity index is 1.99. The lowest BCUT2D eigenvalue weighted by molar-refractivity contribution is -0.158. The van der Waals surface area contributed by atoms with E-state index >= 15 is 0 Å². The van der Waals surface area contributed by atoms with Gasteiger partial charge in [-0.05, 0) is 45.7 Å². The number of hydrogen-bond acceptors (Lipinski definition) is 5. The molecule has 1 aromatic carbocycles. The van der Waals surface area contributed by atoms with Gasteiger partial charge in [0.05, 0.1) is 9.92 Å². The first-order valence-corrected chi connectivity index (χ1v) is 10.7. The molecule has 0 spiro atoms. The summed E-state index contributed by atoms with van der Waals surface area (Å²) >= 11 is 12.2. The van der Waals surface area contributed by atoms with E-state index in [1.54, 1.807) is 26.8 Å². The number of halogens is 2. The fourth-order valence-electron chi connectivity index (χ4n) is 3.08. The summed E-state index contributed by atoms with van der Waals surface area (Å²) in [4.78, 5) is 16.5. The number of aromatic nitrogens is 1. The van der Waals surface area contributed by atoms with Gasteiger partial charge in [-0.1, -0.05) is 29.3 Å². The molecule has 27 heavy (non-hydrogen) atoms. The van der Waals surface area contributed by atoms with Gasteiger partial charge in [-0.25, -0.2) is 13.4 Å². The topological polar surface area (TPSA) is 76.6 Å². The van der Waals surface area contributed by atoms with E-state index in [1.807, 2.05) is 0 Å². The maximum absolute atomic E-state index is 13.2. The van der Waals surface area contributed by atoms with Gasteiger partial charge in [0.1, 0.15) is 16.8 Å². The second-order valence-corrected chi connectivity index (χ2v) is 10.1. The van der Waals surface area contributed by atoms with E-state index < -0.39 is 27.6 Å². The number of ether oxygens (including phenoxy) is 1. The zero-order valence-corrected chi connectivity index (χ0v) is 17.5. The molecule has 3 rings (SSSR count). The number of fused-ring (bicyclic) bond motifs is 1. The minimum absolute atomic E-state index is 0.0384. The van der Waals surface area contributed by atoms with Crippen molar-refractivity contribution < 1.29 is 17.9 Å². The molecule has 6 nitrogen and oxygen atoms in total. The number of sulfonamides is 1. The van der Waals surface area contributed by atoms with Gasteiger partial charge in [0.2, 0.25) is 10.0 Å². The van der Waals surface area contributed by atoms with Crippen molar-refractivity contribution >= 4 is 50.0 Å². The molecule has 9 heteroatoms. The third-order valence-corrected chi connectivity index (χ3v) is 6.76. The minimum Gasteiger partial charge on any atom is -0.459 e. The molecular weight excluding hydrogens is 411 g/mol. The van der Waals surface area contributed by atoms with E-state index in [1.165, 1.54) is 22.6 Å². The summed E-state index contributed by atoms with van der Waals surface area (Å²) in [5, 5.41) is 1.60. The summed E-state index contributed by atoms with van der Waals surface area (Å²) in [5.41, 5.74) is -0.687. The van der Waals surface area contributed by atoms with Crippen molar-refractivity contribution in [2.45, 2.75) is 50.2 Å². The maximum Gasteiger partial charge on any atom is 0.324 e. The number of hydrogen-bond donors (Lipinski definition) is 0. The van der Waals surface area contributed by atoms with Crippen LogP contribution in [0.5, 0.6) is 0 Å². The summed E-state index contributed by atoms with van der Waals surface area (Å²) in [6.45, 7) is 5.51. The number of pyridine rings is 1. The molecule has 1 atom stereocenters. The van der Waals surface area contributed by atoms with Crippen molar-refractivity contribution in [2.24, 2.45) is 0 Å². The molecule has 0 amide bonds. The largest absolute Gasteiger partial charge is 0.459 e. The predicted molar refractivity (Wildman–Crippen MR) is 105 cm³/mol. The highest BCUT2D eigenvalue weighted by Gasteiger charge is 2.41. The first kappa shape index (κ1) is 20.3. The van der Waals surface area contributed by atoms with E-state index in [0.29, 0.717) is 28.6 Å². The minimum atomic E-state index is -3.91. The summed E-state index contributed by atoms with van der Waals surface area (Å²) in [6, 6.07) is 3.66. The lowest BCUT2D eigenvalue weighted by atomic mass is 10.2. The fourth-order valence-corrected chi connectivity index (χ4v) is 5.18. The van der Waals surface area contributed by atoms with Crippen molar-refractivity contribution in [3.63, 3.8) is 0 Å². The Bertz CT molecular complexity index is 1000. The number of carbonyl (C=O) groups is 1. The second kappa shape index (κ2) is 7.20. The third-order valence-electron chi connectivity index (χ3n) is 4.25. The molecule has 0 unspecified atom stereocenters. The first-order valence-electron chi connectivity index (χ1n) is 8.49. The zero-order chi connectivity index (χ0) is 20.0. The first-order chi connectivity index (χ1) is 12.5. The summed E-state index contributed by atoms with van der Waals surface area (Å²) in [6.07, 6.45) is 2.43. The monoisotopic (exact) mass is 430 g/mol. The van der Waals surface area contributed by atoms with Crippen LogP contribution in [-0.2, 0) is 19.6 Å². The smallest absolute Gasteiger partial charge is 0.324 e. The van der Waals surface area contributed by atoms with Crippen LogP contribution in [0.4, 0.5) is 0 Å². The molecule has 1 aromatic heterocycles. The van der Waals surface area contributed by atoms with Gasteiger partial charge in [0, 0.05) is 23.5 Å². The van der Waals surface area contributed by atoms with Gasteiger partial charge >= 0.3 is 5.97 Å². The Kier molecular flexibility index (Phi) is 5.42. The molecule has 0 N–H and O–H groups in total. The molecule has 2 heterocycles. The predicted octanol–water partition coefficient (Wildman–Crippen LogP) is 4.04. The molecule has 1 aliphatic heterocycles. The third kappa shape index (κ3) is 4.06. The quantitative estimate of drug-likeness (QED) is 0.542. The number of nitrogens with zero attached hydrogens (tertiary/aromatic N) is 2. The van der Waals surface area contributed by atoms with Crippen LogP contribution in [0.1, 0.15) is 33.6 Å². The van der Waals surface area contributed by atoms with Crippen LogP contribution >= 0.6 is 23.2 Å². The Labute approximate surface area is 168 Å². The highest BCUT2D eigenvalue weighted by atomic mass is 35.5. The van der Waals surface area contributed by atoms with Crippen molar-refractivity contribution in [1.82, 2.24) is 9.29 Å². The van der Waals surface area contributed by atoms with Gasteiger partial charge in [0.25, 0.3) is 0 Å². The number of rotatable bonds is 3. The molecule has 1 aliphatic rings. The van der Waals surface area contributed by atoms with E-state index in [9.17, 15) is 13.2 Å². The van der Waals surface area contributed by atoms with Gasteiger partial charge in [-0.15, -0.1) is 0 Å². The average Bonchev–Trinajstić information content (AvgIpc) is 3.07. The SMILES string of the molecule is CC(C)(C)OC(=O)[C@H]1CCCN1S(=O)(=O)c1ccc2c(Cl)cnc(Cl)c2c1. The van der Waals surface area contributed by atoms with Crippen molar-refractivity contribution in [3.05, 3.63) is 34.6 Å². The lowest BCUT2D eigenvalue weighted by Crippen LogP contribution is -2.43. The van der Waals surface area contributed by atoms with E-state index in [-0.39, 0.29) is 16.6 Å². The molecule has 0 saturated carbocycles. The molecule has 0 radical (unpaired) electrons. The lowest BCUT2D eigenvalue weighted by Gasteiger charge is -2.27. The Hall–Kier alpha value is -1.41. The highest BCUT2D eigenvalue weighted by molar-refractivity contribution is 7.89. The number of carbonyl (C=O) groups excluding carboxylic acids is 1. The van der Waals surface area contributed by atoms with Crippen LogP contribution in [0.2, 0.25) is 10.2 Å². The molecule has 146 valence electrons. The van der Waals surface area contributed by atoms with Crippen LogP contribution < -0.4 is 0 Å². The standard InChI is InChI=1S/C18H20Cl2N2O4S/c1-18(2,3)26-17(23)15-5-4-8-22(15)27(24,25)11-6-7-12-13(9-11)16(20)21-10-14(12)19/h6-7,9-10,15H,4-5,8H2,1-3H3/t15-/m1/s1. The second-order valence-electron chi connectivity index (χ2n) is 7.41. The van der Waals surface area contributed by atoms with Crippen molar-refractivity contribution in [1.29, 1.82) is 0 Å². The summed E-state index contributed by atoms with van der Waals surface area (Å²) < 4.78 is 32.9. The zero-order valence-electron chi connectivity index (χ0n) is 15.2. The average molecular weight is 431 g/mol. The molecule has 0 bridgehead atoms. The Morgan fingerprint density at radius 2 is 1.96 bits per heavy atom. The van der Waals surface area contributed by atoms with Crippen molar-refractivity contribution in [2.75, 3.05) is 6.54 Å². The molecule has 1 fully saturated rings. The fraction of sp³-hybridized carbons (Fsp3) is 0.444. The number of esters is 1. The highest BCUT2D eigenvalue weighted by Crippen LogP contribution is 2.33. The van der Waals surface area contributed by atoms with Gasteiger partial charge in [0.15, 0.2) is 0 Å². The normalized spacial score (nSPS) is 18.8. The van der Waals surface area contributed by atoms with E-state index in [2.05, 4.69) is 4.98 Å². The summed E-state index contributed by atoms with van der Waals surface area (Å²) in [7, 11) is -3.91. The Morgan fingerprint density at radius 3 is 2.63 bits per heavy atom. The molecule has 0 aliphatic carbocycles. The van der Waals surface area contributed by atoms with Crippen LogP contribution in [0, 0.1) is 0 Å². The van der Waals surface area contributed by atoms with Crippen LogP contribution in [-0.4, -0.2) is 41.9 Å². The molecule has 2 aromatic rings. The summed E-state index contributed by atoms with van der Waals surface area (Å²) in [5.74, 6) is -0.535.